The van der Waals surface area contributed by atoms with Crippen molar-refractivity contribution in [2.45, 2.75) is 180 Å². The summed E-state index contributed by atoms with van der Waals surface area (Å²) >= 11 is 0. The molecule has 0 aliphatic heterocycles. The number of hydrogen-bond donors (Lipinski definition) is 2. The number of allylic oxidation sites excluding steroid dienone is 6. The van der Waals surface area contributed by atoms with Gasteiger partial charge in [0.1, 0.15) is 6.61 Å². The van der Waals surface area contributed by atoms with E-state index >= 15 is 0 Å². The Kier molecular flexibility index (Phi) is 35.7. The Morgan fingerprint density at radius 3 is 1.56 bits per heavy atom. The van der Waals surface area contributed by atoms with Gasteiger partial charge in [-0.15, -0.1) is 0 Å². The van der Waals surface area contributed by atoms with Crippen molar-refractivity contribution in [2.75, 3.05) is 26.4 Å². The van der Waals surface area contributed by atoms with Crippen LogP contribution in [0.2, 0.25) is 0 Å². The van der Waals surface area contributed by atoms with Crippen LogP contribution in [0.4, 0.5) is 0 Å². The van der Waals surface area contributed by atoms with Crippen LogP contribution in [0.5, 0.6) is 0 Å². The fourth-order valence-corrected chi connectivity index (χ4v) is 6.03. The summed E-state index contributed by atoms with van der Waals surface area (Å²) in [7, 11) is -4.38. The lowest BCUT2D eigenvalue weighted by atomic mass is 10.1. The van der Waals surface area contributed by atoms with Gasteiger partial charge in [-0.3, -0.25) is 18.6 Å². The van der Waals surface area contributed by atoms with Gasteiger partial charge in [-0.05, 0) is 64.2 Å². The molecule has 0 fully saturated rings. The van der Waals surface area contributed by atoms with E-state index < -0.39 is 32.5 Å². The highest BCUT2D eigenvalue weighted by atomic mass is 31.2. The smallest absolute Gasteiger partial charge is 0.462 e. The van der Waals surface area contributed by atoms with Crippen molar-refractivity contribution in [1.29, 1.82) is 0 Å². The largest absolute Gasteiger partial charge is 0.472 e. The first kappa shape index (κ1) is 48.2. The summed E-state index contributed by atoms with van der Waals surface area (Å²) in [4.78, 5) is 34.7. The van der Waals surface area contributed by atoms with Crippen molar-refractivity contribution in [1.82, 2.24) is 0 Å². The Hall–Kier alpha value is -1.77. The van der Waals surface area contributed by atoms with Gasteiger partial charge in [0.2, 0.25) is 0 Å². The van der Waals surface area contributed by atoms with Crippen molar-refractivity contribution in [3.8, 4) is 0 Å². The molecule has 0 heterocycles. The van der Waals surface area contributed by atoms with E-state index in [4.69, 9.17) is 24.3 Å². The van der Waals surface area contributed by atoms with Gasteiger partial charge in [0.05, 0.1) is 13.2 Å². The van der Waals surface area contributed by atoms with Crippen LogP contribution in [-0.4, -0.2) is 49.3 Å². The molecule has 9 nitrogen and oxygen atoms in total. The van der Waals surface area contributed by atoms with Gasteiger partial charge < -0.3 is 20.1 Å². The van der Waals surface area contributed by atoms with E-state index in [0.717, 1.165) is 77.0 Å². The standard InChI is InChI=1S/C40H74NO8P/c1-3-5-7-9-11-13-15-17-19-21-23-25-27-29-31-33-40(43)49-38(37-48-50(44,45)47-35-34-41)36-46-39(42)32-30-28-26-24-22-20-18-16-14-12-10-8-6-4-2/h13,15-19,38H,3-12,14,20-37,41H2,1-2H3,(H,44,45)/b15-13+,18-16+,19-17+/t38-/m1/s1. The van der Waals surface area contributed by atoms with E-state index in [1.54, 1.807) is 0 Å². The lowest BCUT2D eigenvalue weighted by Gasteiger charge is -2.19. The quantitative estimate of drug-likeness (QED) is 0.0211. The molecule has 0 aliphatic carbocycles. The normalized spacial score (nSPS) is 13.8. The second kappa shape index (κ2) is 37.0. The highest BCUT2D eigenvalue weighted by Crippen LogP contribution is 2.43. The number of rotatable bonds is 37. The maximum Gasteiger partial charge on any atom is 0.472 e. The van der Waals surface area contributed by atoms with Crippen molar-refractivity contribution >= 4 is 19.8 Å². The lowest BCUT2D eigenvalue weighted by Crippen LogP contribution is -2.29. The Bertz CT molecular complexity index is 923. The molecule has 292 valence electrons. The maximum absolute atomic E-state index is 12.5. The van der Waals surface area contributed by atoms with Crippen LogP contribution < -0.4 is 5.73 Å². The Labute approximate surface area is 305 Å². The number of nitrogens with two attached hydrogens (primary N) is 1. The topological polar surface area (TPSA) is 134 Å². The molecule has 0 aromatic rings. The molecule has 0 bridgehead atoms. The van der Waals surface area contributed by atoms with E-state index in [1.807, 2.05) is 0 Å². The fourth-order valence-electron chi connectivity index (χ4n) is 5.27. The number of phosphoric acid groups is 1. The molecule has 50 heavy (non-hydrogen) atoms. The summed E-state index contributed by atoms with van der Waals surface area (Å²) in [5.41, 5.74) is 5.33. The highest BCUT2D eigenvalue weighted by molar-refractivity contribution is 7.47. The van der Waals surface area contributed by atoms with Crippen LogP contribution in [0.1, 0.15) is 174 Å². The van der Waals surface area contributed by atoms with Gasteiger partial charge in [0.15, 0.2) is 6.10 Å². The number of esters is 2. The molecule has 0 aromatic carbocycles. The Morgan fingerprint density at radius 2 is 1.04 bits per heavy atom. The number of carbonyl (C=O) groups is 2. The van der Waals surface area contributed by atoms with Crippen LogP contribution in [-0.2, 0) is 32.7 Å². The first-order chi connectivity index (χ1) is 24.3. The van der Waals surface area contributed by atoms with Crippen molar-refractivity contribution in [3.63, 3.8) is 0 Å². The third-order valence-electron chi connectivity index (χ3n) is 8.28. The molecule has 0 spiro atoms. The average molecular weight is 728 g/mol. The van der Waals surface area contributed by atoms with E-state index in [1.165, 1.54) is 64.2 Å². The summed E-state index contributed by atoms with van der Waals surface area (Å²) < 4.78 is 32.7. The molecular formula is C40H74NO8P. The number of phosphoric ester groups is 1. The predicted octanol–water partition coefficient (Wildman–Crippen LogP) is 11.0. The third kappa shape index (κ3) is 36.0. The molecule has 0 aliphatic rings. The van der Waals surface area contributed by atoms with Gasteiger partial charge in [-0.1, -0.05) is 134 Å². The molecule has 0 amide bonds. The first-order valence-electron chi connectivity index (χ1n) is 20.0. The van der Waals surface area contributed by atoms with E-state index in [9.17, 15) is 19.0 Å². The minimum absolute atomic E-state index is 0.0491. The fraction of sp³-hybridized carbons (Fsp3) is 0.800. The molecule has 2 atom stereocenters. The second-order valence-electron chi connectivity index (χ2n) is 13.2. The molecule has 1 unspecified atom stereocenters. The van der Waals surface area contributed by atoms with Crippen LogP contribution in [0.3, 0.4) is 0 Å². The van der Waals surface area contributed by atoms with Gasteiger partial charge in [0.25, 0.3) is 0 Å². The van der Waals surface area contributed by atoms with Gasteiger partial charge in [-0.2, -0.15) is 0 Å². The van der Waals surface area contributed by atoms with Gasteiger partial charge in [0, 0.05) is 19.4 Å². The number of carbonyl (C=O) groups excluding carboxylic acids is 2. The minimum Gasteiger partial charge on any atom is -0.462 e. The molecular weight excluding hydrogens is 653 g/mol. The van der Waals surface area contributed by atoms with Crippen LogP contribution >= 0.6 is 7.82 Å². The number of unbranched alkanes of at least 4 members (excludes halogenated alkanes) is 19. The van der Waals surface area contributed by atoms with Crippen LogP contribution in [0.25, 0.3) is 0 Å². The van der Waals surface area contributed by atoms with Crippen LogP contribution in [0, 0.1) is 0 Å². The van der Waals surface area contributed by atoms with Crippen molar-refractivity contribution in [2.24, 2.45) is 5.73 Å². The SMILES string of the molecule is CCCCCC/C=C/C=C/CCCCCCCC(=O)O[C@H](COC(=O)CCCCCCC/C=C/CCCCCCC)COP(=O)(O)OCCN. The second-order valence-corrected chi connectivity index (χ2v) is 14.6. The third-order valence-corrected chi connectivity index (χ3v) is 9.26. The molecule has 10 heteroatoms. The molecule has 0 radical (unpaired) electrons. The van der Waals surface area contributed by atoms with E-state index in [0.29, 0.717) is 6.42 Å². The first-order valence-corrected chi connectivity index (χ1v) is 21.5. The summed E-state index contributed by atoms with van der Waals surface area (Å²) in [5, 5.41) is 0. The Balaban J connectivity index is 4.25. The van der Waals surface area contributed by atoms with Gasteiger partial charge in [-0.25, -0.2) is 4.57 Å². The molecule has 0 saturated carbocycles. The molecule has 0 saturated heterocycles. The van der Waals surface area contributed by atoms with E-state index in [2.05, 4.69) is 50.3 Å². The minimum atomic E-state index is -4.38. The summed E-state index contributed by atoms with van der Waals surface area (Å²) in [6.45, 7) is 3.66. The van der Waals surface area contributed by atoms with Crippen LogP contribution in [0.15, 0.2) is 36.5 Å². The van der Waals surface area contributed by atoms with Gasteiger partial charge >= 0.3 is 19.8 Å². The molecule has 3 N–H and O–H groups in total. The zero-order valence-electron chi connectivity index (χ0n) is 31.9. The van der Waals surface area contributed by atoms with E-state index in [-0.39, 0.29) is 32.6 Å². The van der Waals surface area contributed by atoms with Crippen molar-refractivity contribution < 1.29 is 37.6 Å². The predicted molar refractivity (Wildman–Crippen MR) is 206 cm³/mol. The number of ether oxygens (including phenoxy) is 2. The average Bonchev–Trinajstić information content (AvgIpc) is 3.10. The maximum atomic E-state index is 12.5. The zero-order chi connectivity index (χ0) is 36.8. The Morgan fingerprint density at radius 1 is 0.600 bits per heavy atom. The summed E-state index contributed by atoms with van der Waals surface area (Å²) in [6, 6.07) is 0. The molecule has 0 rings (SSSR count). The highest BCUT2D eigenvalue weighted by Gasteiger charge is 2.25. The lowest BCUT2D eigenvalue weighted by molar-refractivity contribution is -0.161. The summed E-state index contributed by atoms with van der Waals surface area (Å²) in [5.74, 6) is -0.857. The summed E-state index contributed by atoms with van der Waals surface area (Å²) in [6.07, 6.45) is 38.8. The molecule has 0 aromatic heterocycles. The van der Waals surface area contributed by atoms with Crippen molar-refractivity contribution in [3.05, 3.63) is 36.5 Å². The monoisotopic (exact) mass is 728 g/mol. The zero-order valence-corrected chi connectivity index (χ0v) is 32.8. The number of hydrogen-bond acceptors (Lipinski definition) is 8.